The number of fused-ring (bicyclic) bond motifs is 1. The van der Waals surface area contributed by atoms with Crippen LogP contribution in [0.25, 0.3) is 10.9 Å². The van der Waals surface area contributed by atoms with Crippen molar-refractivity contribution in [3.05, 3.63) is 39.9 Å². The highest BCUT2D eigenvalue weighted by Gasteiger charge is 2.05. The summed E-state index contributed by atoms with van der Waals surface area (Å²) in [6, 6.07) is 5.82. The molecule has 0 fully saturated rings. The van der Waals surface area contributed by atoms with Gasteiger partial charge in [0.15, 0.2) is 0 Å². The van der Waals surface area contributed by atoms with Crippen LogP contribution in [-0.4, -0.2) is 9.97 Å². The van der Waals surface area contributed by atoms with Crippen molar-refractivity contribution in [3.63, 3.8) is 0 Å². The standard InChI is InChI=1S/C13H16N2O/c1-3-4-8-11-14-10-7-5-6-9(2)12(10)13(16)15-11/h5-7H,3-4,8H2,1-2H3,(H,14,15,16). The Kier molecular flexibility index (Phi) is 3.04. The van der Waals surface area contributed by atoms with E-state index in [9.17, 15) is 4.79 Å². The minimum atomic E-state index is -0.113. The average molecular weight is 216 g/mol. The summed E-state index contributed by atoms with van der Waals surface area (Å²) in [7, 11) is 0. The smallest absolute Gasteiger partial charge is 0.281 e. The number of H-pyrrole nitrogens is 1. The van der Waals surface area contributed by atoms with Gasteiger partial charge in [-0.3, -0.25) is 4.79 Å². The lowest BCUT2D eigenvalue weighted by molar-refractivity contribution is 0.753. The summed E-state index contributed by atoms with van der Waals surface area (Å²) in [6.07, 6.45) is 3.01. The van der Waals surface area contributed by atoms with E-state index in [0.717, 1.165) is 36.2 Å². The highest BCUT2D eigenvalue weighted by atomic mass is 16.1. The second-order valence-electron chi connectivity index (χ2n) is 4.09. The average Bonchev–Trinajstić information content (AvgIpc) is 2.26. The summed E-state index contributed by atoms with van der Waals surface area (Å²) >= 11 is 0. The fourth-order valence-corrected chi connectivity index (χ4v) is 1.88. The molecule has 1 aromatic heterocycles. The van der Waals surface area contributed by atoms with Crippen LogP contribution in [0.2, 0.25) is 0 Å². The number of unbranched alkanes of at least 4 members (excludes halogenated alkanes) is 1. The number of nitrogens with zero attached hydrogens (tertiary/aromatic N) is 1. The molecule has 84 valence electrons. The van der Waals surface area contributed by atoms with Gasteiger partial charge in [0.05, 0.1) is 10.9 Å². The van der Waals surface area contributed by atoms with E-state index in [1.807, 2.05) is 25.1 Å². The Morgan fingerprint density at radius 2 is 2.19 bits per heavy atom. The zero-order chi connectivity index (χ0) is 11.5. The number of hydrogen-bond donors (Lipinski definition) is 1. The van der Waals surface area contributed by atoms with Crippen LogP contribution in [0.1, 0.15) is 31.2 Å². The maximum absolute atomic E-state index is 11.9. The summed E-state index contributed by atoms with van der Waals surface area (Å²) in [4.78, 5) is 19.2. The molecule has 2 aromatic rings. The Morgan fingerprint density at radius 1 is 1.38 bits per heavy atom. The molecule has 0 spiro atoms. The molecule has 0 radical (unpaired) electrons. The van der Waals surface area contributed by atoms with Crippen LogP contribution in [0.15, 0.2) is 23.0 Å². The van der Waals surface area contributed by atoms with Gasteiger partial charge in [0.25, 0.3) is 5.56 Å². The molecule has 0 amide bonds. The van der Waals surface area contributed by atoms with Crippen LogP contribution in [-0.2, 0) is 6.42 Å². The molecule has 2 rings (SSSR count). The Hall–Kier alpha value is -1.64. The van der Waals surface area contributed by atoms with E-state index in [4.69, 9.17) is 0 Å². The molecule has 0 atom stereocenters. The van der Waals surface area contributed by atoms with Crippen LogP contribution >= 0.6 is 0 Å². The molecule has 3 nitrogen and oxygen atoms in total. The molecule has 0 aliphatic rings. The van der Waals surface area contributed by atoms with Crippen molar-refractivity contribution >= 4 is 10.9 Å². The predicted octanol–water partition coefficient (Wildman–Crippen LogP) is 2.57. The number of hydrogen-bond acceptors (Lipinski definition) is 2. The van der Waals surface area contributed by atoms with Crippen LogP contribution < -0.4 is 5.56 Å². The Bertz CT molecular complexity index is 557. The maximum atomic E-state index is 11.9. The minimum absolute atomic E-state index is 0.113. The summed E-state index contributed by atoms with van der Waals surface area (Å²) in [6.45, 7) is 4.06. The van der Waals surface area contributed by atoms with Crippen molar-refractivity contribution in [2.45, 2.75) is 33.1 Å². The monoisotopic (exact) mass is 216 g/mol. The first-order chi connectivity index (χ1) is 7.72. The fourth-order valence-electron chi connectivity index (χ4n) is 1.88. The highest BCUT2D eigenvalue weighted by Crippen LogP contribution is 2.12. The summed E-state index contributed by atoms with van der Waals surface area (Å²) < 4.78 is 0. The summed E-state index contributed by atoms with van der Waals surface area (Å²) in [5.74, 6) is 0.796. The summed E-state index contributed by atoms with van der Waals surface area (Å²) in [5.41, 5.74) is 1.76. The van der Waals surface area contributed by atoms with Crippen molar-refractivity contribution < 1.29 is 0 Å². The van der Waals surface area contributed by atoms with Gasteiger partial charge in [-0.15, -0.1) is 0 Å². The minimum Gasteiger partial charge on any atom is -0.343 e. The Labute approximate surface area is 94.5 Å². The van der Waals surface area contributed by atoms with E-state index in [-0.39, 0.29) is 5.56 Å². The molecule has 0 saturated carbocycles. The third kappa shape index (κ3) is 1.98. The lowest BCUT2D eigenvalue weighted by Gasteiger charge is -2.04. The van der Waals surface area contributed by atoms with Crippen LogP contribution in [0.3, 0.4) is 0 Å². The number of aryl methyl sites for hydroxylation is 2. The SMILES string of the molecule is CCCCc1nc(=O)c2c(C)cccc2[nH]1. The van der Waals surface area contributed by atoms with Crippen molar-refractivity contribution in [2.24, 2.45) is 0 Å². The second kappa shape index (κ2) is 4.47. The molecule has 0 saturated heterocycles. The fraction of sp³-hybridized carbons (Fsp3) is 0.385. The van der Waals surface area contributed by atoms with Crippen molar-refractivity contribution in [3.8, 4) is 0 Å². The van der Waals surface area contributed by atoms with Gasteiger partial charge >= 0.3 is 0 Å². The maximum Gasteiger partial charge on any atom is 0.281 e. The normalized spacial score (nSPS) is 10.9. The van der Waals surface area contributed by atoms with E-state index in [1.165, 1.54) is 0 Å². The van der Waals surface area contributed by atoms with Crippen LogP contribution in [0.4, 0.5) is 0 Å². The molecule has 0 bridgehead atoms. The van der Waals surface area contributed by atoms with Gasteiger partial charge in [-0.1, -0.05) is 25.5 Å². The first kappa shape index (κ1) is 10.9. The third-order valence-corrected chi connectivity index (χ3v) is 2.77. The van der Waals surface area contributed by atoms with Gasteiger partial charge < -0.3 is 4.98 Å². The second-order valence-corrected chi connectivity index (χ2v) is 4.09. The molecular weight excluding hydrogens is 200 g/mol. The van der Waals surface area contributed by atoms with E-state index in [0.29, 0.717) is 5.39 Å². The van der Waals surface area contributed by atoms with Crippen LogP contribution in [0, 0.1) is 6.92 Å². The third-order valence-electron chi connectivity index (χ3n) is 2.77. The Balaban J connectivity index is 2.55. The topological polar surface area (TPSA) is 45.8 Å². The molecule has 16 heavy (non-hydrogen) atoms. The number of rotatable bonds is 3. The van der Waals surface area contributed by atoms with E-state index < -0.39 is 0 Å². The number of aromatic nitrogens is 2. The quantitative estimate of drug-likeness (QED) is 0.857. The lowest BCUT2D eigenvalue weighted by Crippen LogP contribution is -2.12. The van der Waals surface area contributed by atoms with E-state index in [2.05, 4.69) is 16.9 Å². The lowest BCUT2D eigenvalue weighted by atomic mass is 10.1. The first-order valence-corrected chi connectivity index (χ1v) is 5.71. The first-order valence-electron chi connectivity index (χ1n) is 5.71. The van der Waals surface area contributed by atoms with E-state index >= 15 is 0 Å². The zero-order valence-electron chi connectivity index (χ0n) is 9.71. The van der Waals surface area contributed by atoms with E-state index in [1.54, 1.807) is 0 Å². The molecule has 0 aliphatic carbocycles. The van der Waals surface area contributed by atoms with Gasteiger partial charge in [-0.05, 0) is 25.0 Å². The van der Waals surface area contributed by atoms with Gasteiger partial charge in [0.2, 0.25) is 0 Å². The predicted molar refractivity (Wildman–Crippen MR) is 65.7 cm³/mol. The molecule has 0 unspecified atom stereocenters. The Morgan fingerprint density at radius 3 is 2.94 bits per heavy atom. The molecule has 1 heterocycles. The number of aromatic amines is 1. The number of benzene rings is 1. The van der Waals surface area contributed by atoms with Gasteiger partial charge in [-0.25, -0.2) is 0 Å². The van der Waals surface area contributed by atoms with Gasteiger partial charge in [-0.2, -0.15) is 4.98 Å². The van der Waals surface area contributed by atoms with Gasteiger partial charge in [0.1, 0.15) is 5.82 Å². The summed E-state index contributed by atoms with van der Waals surface area (Å²) in [5, 5.41) is 0.711. The van der Waals surface area contributed by atoms with Crippen LogP contribution in [0.5, 0.6) is 0 Å². The molecule has 1 aromatic carbocycles. The molecule has 3 heteroatoms. The van der Waals surface area contributed by atoms with Crippen molar-refractivity contribution in [2.75, 3.05) is 0 Å². The van der Waals surface area contributed by atoms with Crippen molar-refractivity contribution in [1.82, 2.24) is 9.97 Å². The van der Waals surface area contributed by atoms with Gasteiger partial charge in [0, 0.05) is 6.42 Å². The molecular formula is C13H16N2O. The number of nitrogens with one attached hydrogen (secondary N) is 1. The molecule has 1 N–H and O–H groups in total. The molecule has 0 aliphatic heterocycles. The highest BCUT2D eigenvalue weighted by molar-refractivity contribution is 5.80. The van der Waals surface area contributed by atoms with Crippen molar-refractivity contribution in [1.29, 1.82) is 0 Å². The zero-order valence-corrected chi connectivity index (χ0v) is 9.71. The largest absolute Gasteiger partial charge is 0.343 e.